The van der Waals surface area contributed by atoms with Crippen LogP contribution >= 0.6 is 0 Å². The van der Waals surface area contributed by atoms with Gasteiger partial charge >= 0.3 is 5.97 Å². The summed E-state index contributed by atoms with van der Waals surface area (Å²) in [5.74, 6) is -0.0960. The van der Waals surface area contributed by atoms with E-state index in [4.69, 9.17) is 0 Å². The van der Waals surface area contributed by atoms with Crippen molar-refractivity contribution in [2.45, 2.75) is 83.6 Å². The molecule has 0 saturated heterocycles. The lowest BCUT2D eigenvalue weighted by Crippen LogP contribution is -2.42. The molecule has 2 fully saturated rings. The first-order valence-corrected chi connectivity index (χ1v) is 8.55. The van der Waals surface area contributed by atoms with E-state index in [2.05, 4.69) is 12.2 Å². The molecule has 4 heteroatoms. The van der Waals surface area contributed by atoms with Crippen LogP contribution in [0.5, 0.6) is 0 Å². The second-order valence-electron chi connectivity index (χ2n) is 7.20. The van der Waals surface area contributed by atoms with Crippen LogP contribution in [0.15, 0.2) is 0 Å². The van der Waals surface area contributed by atoms with Gasteiger partial charge in [0, 0.05) is 12.5 Å². The summed E-state index contributed by atoms with van der Waals surface area (Å²) >= 11 is 0. The average Bonchev–Trinajstić information content (AvgIpc) is 2.64. The summed E-state index contributed by atoms with van der Waals surface area (Å²) in [5.41, 5.74) is -0.805. The standard InChI is InChI=1S/C17H29NO3/c1-13-6-5-7-14(9-8-13)18-15(19)12-17(16(20)21)10-3-2-4-11-17/h13-14H,2-12H2,1H3,(H,18,19)(H,20,21). The Hall–Kier alpha value is -1.06. The van der Waals surface area contributed by atoms with Gasteiger partial charge in [-0.05, 0) is 38.0 Å². The Labute approximate surface area is 127 Å². The Morgan fingerprint density at radius 3 is 2.43 bits per heavy atom. The Balaban J connectivity index is 1.88. The minimum Gasteiger partial charge on any atom is -0.481 e. The predicted octanol–water partition coefficient (Wildman–Crippen LogP) is 3.50. The van der Waals surface area contributed by atoms with Crippen molar-refractivity contribution in [2.75, 3.05) is 0 Å². The van der Waals surface area contributed by atoms with E-state index in [0.717, 1.165) is 50.9 Å². The number of carbonyl (C=O) groups excluding carboxylic acids is 1. The number of carboxylic acids is 1. The SMILES string of the molecule is CC1CCCC(NC(=O)CC2(C(=O)O)CCCCC2)CC1. The topological polar surface area (TPSA) is 66.4 Å². The van der Waals surface area contributed by atoms with Crippen LogP contribution in [0.3, 0.4) is 0 Å². The van der Waals surface area contributed by atoms with Gasteiger partial charge in [0.15, 0.2) is 0 Å². The summed E-state index contributed by atoms with van der Waals surface area (Å²) in [7, 11) is 0. The Morgan fingerprint density at radius 1 is 1.05 bits per heavy atom. The highest BCUT2D eigenvalue weighted by Crippen LogP contribution is 2.39. The van der Waals surface area contributed by atoms with Crippen LogP contribution in [0.1, 0.15) is 77.6 Å². The molecular weight excluding hydrogens is 266 g/mol. The molecule has 1 amide bonds. The first-order chi connectivity index (χ1) is 10.0. The molecule has 0 aromatic rings. The van der Waals surface area contributed by atoms with Crippen LogP contribution in [-0.2, 0) is 9.59 Å². The van der Waals surface area contributed by atoms with Crippen molar-refractivity contribution < 1.29 is 14.7 Å². The summed E-state index contributed by atoms with van der Waals surface area (Å²) < 4.78 is 0. The fraction of sp³-hybridized carbons (Fsp3) is 0.882. The minimum absolute atomic E-state index is 0.0566. The predicted molar refractivity (Wildman–Crippen MR) is 82.0 cm³/mol. The third kappa shape index (κ3) is 4.45. The van der Waals surface area contributed by atoms with Crippen molar-refractivity contribution >= 4 is 11.9 Å². The molecule has 2 unspecified atom stereocenters. The maximum absolute atomic E-state index is 12.3. The van der Waals surface area contributed by atoms with Gasteiger partial charge in [-0.1, -0.05) is 39.0 Å². The molecule has 0 aliphatic heterocycles. The van der Waals surface area contributed by atoms with Crippen molar-refractivity contribution in [2.24, 2.45) is 11.3 Å². The highest BCUT2D eigenvalue weighted by molar-refractivity contribution is 5.85. The van der Waals surface area contributed by atoms with Gasteiger partial charge in [-0.2, -0.15) is 0 Å². The maximum atomic E-state index is 12.3. The maximum Gasteiger partial charge on any atom is 0.310 e. The molecular formula is C17H29NO3. The molecule has 4 nitrogen and oxygen atoms in total. The molecule has 0 aromatic heterocycles. The number of nitrogens with one attached hydrogen (secondary N) is 1. The van der Waals surface area contributed by atoms with Crippen LogP contribution in [0.4, 0.5) is 0 Å². The highest BCUT2D eigenvalue weighted by Gasteiger charge is 2.41. The number of rotatable bonds is 4. The van der Waals surface area contributed by atoms with Crippen LogP contribution in [0.2, 0.25) is 0 Å². The molecule has 0 bridgehead atoms. The van der Waals surface area contributed by atoms with Crippen LogP contribution in [-0.4, -0.2) is 23.0 Å². The lowest BCUT2D eigenvalue weighted by atomic mass is 9.71. The van der Waals surface area contributed by atoms with Crippen molar-refractivity contribution in [1.29, 1.82) is 0 Å². The van der Waals surface area contributed by atoms with E-state index < -0.39 is 11.4 Å². The number of carboxylic acid groups (broad SMARTS) is 1. The molecule has 0 spiro atoms. The van der Waals surface area contributed by atoms with Crippen molar-refractivity contribution in [3.8, 4) is 0 Å². The van der Waals surface area contributed by atoms with Gasteiger partial charge in [-0.15, -0.1) is 0 Å². The van der Waals surface area contributed by atoms with Crippen molar-refractivity contribution in [3.63, 3.8) is 0 Å². The number of aliphatic carboxylic acids is 1. The molecule has 2 aliphatic carbocycles. The summed E-state index contributed by atoms with van der Waals surface area (Å²) in [6, 6.07) is 0.247. The zero-order valence-corrected chi connectivity index (χ0v) is 13.2. The molecule has 2 aliphatic rings. The third-order valence-electron chi connectivity index (χ3n) is 5.39. The Kier molecular flexibility index (Phi) is 5.65. The van der Waals surface area contributed by atoms with Gasteiger partial charge < -0.3 is 10.4 Å². The molecule has 0 aromatic carbocycles. The quantitative estimate of drug-likeness (QED) is 0.780. The molecule has 120 valence electrons. The normalized spacial score (nSPS) is 29.4. The monoisotopic (exact) mass is 295 g/mol. The van der Waals surface area contributed by atoms with Crippen molar-refractivity contribution in [1.82, 2.24) is 5.32 Å². The van der Waals surface area contributed by atoms with Gasteiger partial charge in [-0.25, -0.2) is 0 Å². The van der Waals surface area contributed by atoms with Gasteiger partial charge in [0.25, 0.3) is 0 Å². The smallest absolute Gasteiger partial charge is 0.310 e. The van der Waals surface area contributed by atoms with Gasteiger partial charge in [0.05, 0.1) is 5.41 Å². The van der Waals surface area contributed by atoms with E-state index in [1.807, 2.05) is 0 Å². The number of carbonyl (C=O) groups is 2. The second kappa shape index (κ2) is 7.28. The van der Waals surface area contributed by atoms with Crippen LogP contribution in [0.25, 0.3) is 0 Å². The number of hydrogen-bond acceptors (Lipinski definition) is 2. The number of amides is 1. The van der Waals surface area contributed by atoms with Gasteiger partial charge in [0.2, 0.25) is 5.91 Å². The van der Waals surface area contributed by atoms with E-state index in [1.165, 1.54) is 6.42 Å². The van der Waals surface area contributed by atoms with E-state index in [9.17, 15) is 14.7 Å². The lowest BCUT2D eigenvalue weighted by molar-refractivity contribution is -0.154. The molecule has 2 saturated carbocycles. The van der Waals surface area contributed by atoms with Crippen molar-refractivity contribution in [3.05, 3.63) is 0 Å². The van der Waals surface area contributed by atoms with Gasteiger partial charge in [-0.3, -0.25) is 9.59 Å². The molecule has 2 atom stereocenters. The lowest BCUT2D eigenvalue weighted by Gasteiger charge is -2.33. The number of hydrogen-bond donors (Lipinski definition) is 2. The molecule has 2 rings (SSSR count). The zero-order chi connectivity index (χ0) is 15.3. The second-order valence-corrected chi connectivity index (χ2v) is 7.20. The molecule has 0 radical (unpaired) electrons. The fourth-order valence-corrected chi connectivity index (χ4v) is 3.91. The first-order valence-electron chi connectivity index (χ1n) is 8.55. The molecule has 2 N–H and O–H groups in total. The Bertz CT molecular complexity index is 374. The van der Waals surface area contributed by atoms with Crippen LogP contribution in [0, 0.1) is 11.3 Å². The van der Waals surface area contributed by atoms with E-state index in [0.29, 0.717) is 12.8 Å². The summed E-state index contributed by atoms with van der Waals surface area (Å²) in [6.07, 6.45) is 10.1. The first kappa shape index (κ1) is 16.3. The van der Waals surface area contributed by atoms with Gasteiger partial charge in [0.1, 0.15) is 0 Å². The highest BCUT2D eigenvalue weighted by atomic mass is 16.4. The molecule has 21 heavy (non-hydrogen) atoms. The van der Waals surface area contributed by atoms with E-state index in [1.54, 1.807) is 0 Å². The zero-order valence-electron chi connectivity index (χ0n) is 13.2. The van der Waals surface area contributed by atoms with E-state index in [-0.39, 0.29) is 18.4 Å². The minimum atomic E-state index is -0.805. The molecule has 0 heterocycles. The fourth-order valence-electron chi connectivity index (χ4n) is 3.91. The van der Waals surface area contributed by atoms with Crippen LogP contribution < -0.4 is 5.32 Å². The summed E-state index contributed by atoms with van der Waals surface area (Å²) in [4.78, 5) is 23.9. The summed E-state index contributed by atoms with van der Waals surface area (Å²) in [6.45, 7) is 2.27. The average molecular weight is 295 g/mol. The van der Waals surface area contributed by atoms with E-state index >= 15 is 0 Å². The summed E-state index contributed by atoms with van der Waals surface area (Å²) in [5, 5.41) is 12.6. The largest absolute Gasteiger partial charge is 0.481 e. The Morgan fingerprint density at radius 2 is 1.76 bits per heavy atom. The third-order valence-corrected chi connectivity index (χ3v) is 5.39.